The number of aromatic nitrogens is 2. The van der Waals surface area contributed by atoms with Crippen LogP contribution in [0.2, 0.25) is 5.02 Å². The van der Waals surface area contributed by atoms with Crippen molar-refractivity contribution in [2.24, 2.45) is 0 Å². The predicted octanol–water partition coefficient (Wildman–Crippen LogP) is 5.68. The molecule has 0 bridgehead atoms. The number of halogens is 4. The molecule has 0 saturated heterocycles. The van der Waals surface area contributed by atoms with E-state index in [1.54, 1.807) is 42.5 Å². The molecule has 1 aromatic heterocycles. The van der Waals surface area contributed by atoms with E-state index in [9.17, 15) is 13.2 Å². The Hall–Kier alpha value is -2.80. The molecule has 3 aromatic rings. The number of nitrogens with zero attached hydrogens (tertiary/aromatic N) is 2. The van der Waals surface area contributed by atoms with E-state index >= 15 is 0 Å². The van der Waals surface area contributed by atoms with Crippen molar-refractivity contribution >= 4 is 23.2 Å². The molecule has 3 rings (SSSR count). The van der Waals surface area contributed by atoms with Crippen LogP contribution in [0.15, 0.2) is 60.8 Å². The van der Waals surface area contributed by atoms with Crippen molar-refractivity contribution in [1.29, 1.82) is 0 Å². The lowest BCUT2D eigenvalue weighted by Crippen LogP contribution is -2.11. The Morgan fingerprint density at radius 2 is 1.64 bits per heavy atom. The molecule has 1 N–H and O–H groups in total. The van der Waals surface area contributed by atoms with Crippen LogP contribution in [0.4, 0.5) is 24.8 Å². The number of nitrogens with one attached hydrogen (secondary N) is 1. The second-order valence-corrected chi connectivity index (χ2v) is 5.34. The third-order valence-electron chi connectivity index (χ3n) is 3.14. The zero-order valence-electron chi connectivity index (χ0n) is 12.6. The fourth-order valence-electron chi connectivity index (χ4n) is 1.98. The Bertz CT molecular complexity index is 873. The predicted molar refractivity (Wildman–Crippen MR) is 88.3 cm³/mol. The van der Waals surface area contributed by atoms with Gasteiger partial charge in [-0.1, -0.05) is 41.9 Å². The monoisotopic (exact) mass is 365 g/mol. The molecule has 0 aliphatic carbocycles. The number of hydrogen-bond donors (Lipinski definition) is 1. The summed E-state index contributed by atoms with van der Waals surface area (Å²) >= 11 is 6.02. The number of benzene rings is 2. The molecular formula is C17H11ClF3N3O. The minimum Gasteiger partial charge on any atom is -0.438 e. The maximum absolute atomic E-state index is 13.2. The SMILES string of the molecule is FC(F)(F)c1cnc(Nc2ccccc2Cl)nc1Oc1ccccc1. The maximum atomic E-state index is 13.2. The Kier molecular flexibility index (Phi) is 4.76. The van der Waals surface area contributed by atoms with Crippen LogP contribution < -0.4 is 10.1 Å². The maximum Gasteiger partial charge on any atom is 0.423 e. The summed E-state index contributed by atoms with van der Waals surface area (Å²) in [6.07, 6.45) is -3.97. The Balaban J connectivity index is 1.96. The molecule has 0 amide bonds. The van der Waals surface area contributed by atoms with Crippen molar-refractivity contribution in [3.05, 3.63) is 71.4 Å². The number of anilines is 2. The van der Waals surface area contributed by atoms with Gasteiger partial charge in [0.15, 0.2) is 0 Å². The minimum atomic E-state index is -4.65. The van der Waals surface area contributed by atoms with Crippen molar-refractivity contribution in [3.63, 3.8) is 0 Å². The smallest absolute Gasteiger partial charge is 0.423 e. The molecule has 25 heavy (non-hydrogen) atoms. The highest BCUT2D eigenvalue weighted by molar-refractivity contribution is 6.33. The molecule has 128 valence electrons. The second kappa shape index (κ2) is 6.98. The highest BCUT2D eigenvalue weighted by Gasteiger charge is 2.36. The van der Waals surface area contributed by atoms with Gasteiger partial charge in [0.25, 0.3) is 0 Å². The van der Waals surface area contributed by atoms with Crippen molar-refractivity contribution in [2.75, 3.05) is 5.32 Å². The van der Waals surface area contributed by atoms with E-state index in [2.05, 4.69) is 15.3 Å². The van der Waals surface area contributed by atoms with E-state index in [0.29, 0.717) is 16.9 Å². The van der Waals surface area contributed by atoms with Crippen LogP contribution in [-0.2, 0) is 6.18 Å². The summed E-state index contributed by atoms with van der Waals surface area (Å²) < 4.78 is 44.8. The van der Waals surface area contributed by atoms with E-state index in [-0.39, 0.29) is 11.7 Å². The van der Waals surface area contributed by atoms with Gasteiger partial charge >= 0.3 is 6.18 Å². The van der Waals surface area contributed by atoms with Crippen LogP contribution >= 0.6 is 11.6 Å². The number of alkyl halides is 3. The largest absolute Gasteiger partial charge is 0.438 e. The zero-order valence-corrected chi connectivity index (χ0v) is 13.3. The summed E-state index contributed by atoms with van der Waals surface area (Å²) in [6, 6.07) is 14.8. The molecule has 4 nitrogen and oxygen atoms in total. The van der Waals surface area contributed by atoms with Crippen LogP contribution in [0.1, 0.15) is 5.56 Å². The van der Waals surface area contributed by atoms with E-state index in [1.807, 2.05) is 0 Å². The summed E-state index contributed by atoms with van der Waals surface area (Å²) in [6.45, 7) is 0. The van der Waals surface area contributed by atoms with Gasteiger partial charge in [-0.2, -0.15) is 18.2 Å². The third kappa shape index (κ3) is 4.19. The molecule has 2 aromatic carbocycles. The van der Waals surface area contributed by atoms with Crippen LogP contribution in [0.3, 0.4) is 0 Å². The van der Waals surface area contributed by atoms with Crippen molar-refractivity contribution in [3.8, 4) is 11.6 Å². The quantitative estimate of drug-likeness (QED) is 0.645. The van der Waals surface area contributed by atoms with E-state index < -0.39 is 17.6 Å². The fraction of sp³-hybridized carbons (Fsp3) is 0.0588. The van der Waals surface area contributed by atoms with Crippen LogP contribution in [0.5, 0.6) is 11.6 Å². The van der Waals surface area contributed by atoms with Gasteiger partial charge in [-0.05, 0) is 24.3 Å². The van der Waals surface area contributed by atoms with Gasteiger partial charge in [0.2, 0.25) is 11.8 Å². The van der Waals surface area contributed by atoms with Gasteiger partial charge < -0.3 is 10.1 Å². The summed E-state index contributed by atoms with van der Waals surface area (Å²) in [4.78, 5) is 7.55. The Labute approximate surface area is 146 Å². The number of para-hydroxylation sites is 2. The molecular weight excluding hydrogens is 355 g/mol. The van der Waals surface area contributed by atoms with Gasteiger partial charge in [-0.15, -0.1) is 0 Å². The summed E-state index contributed by atoms with van der Waals surface area (Å²) in [5, 5.41) is 3.16. The average molecular weight is 366 g/mol. The topological polar surface area (TPSA) is 47.0 Å². The first kappa shape index (κ1) is 17.0. The first-order valence-corrected chi connectivity index (χ1v) is 7.50. The zero-order chi connectivity index (χ0) is 17.9. The average Bonchev–Trinajstić information content (AvgIpc) is 2.57. The lowest BCUT2D eigenvalue weighted by Gasteiger charge is -2.14. The van der Waals surface area contributed by atoms with E-state index in [4.69, 9.17) is 16.3 Å². The minimum absolute atomic E-state index is 0.0629. The lowest BCUT2D eigenvalue weighted by atomic mass is 10.3. The van der Waals surface area contributed by atoms with Gasteiger partial charge in [0.05, 0.1) is 10.7 Å². The molecule has 8 heteroatoms. The first-order chi connectivity index (χ1) is 11.9. The highest BCUT2D eigenvalue weighted by atomic mass is 35.5. The molecule has 0 saturated carbocycles. The van der Waals surface area contributed by atoms with Crippen LogP contribution in [0.25, 0.3) is 0 Å². The van der Waals surface area contributed by atoms with Crippen molar-refractivity contribution in [1.82, 2.24) is 9.97 Å². The fourth-order valence-corrected chi connectivity index (χ4v) is 2.16. The first-order valence-electron chi connectivity index (χ1n) is 7.12. The van der Waals surface area contributed by atoms with E-state index in [1.165, 1.54) is 12.1 Å². The molecule has 0 spiro atoms. The highest BCUT2D eigenvalue weighted by Crippen LogP contribution is 2.37. The third-order valence-corrected chi connectivity index (χ3v) is 3.47. The van der Waals surface area contributed by atoms with Crippen molar-refractivity contribution < 1.29 is 17.9 Å². The van der Waals surface area contributed by atoms with Crippen molar-refractivity contribution in [2.45, 2.75) is 6.18 Å². The molecule has 0 aliphatic heterocycles. The molecule has 0 radical (unpaired) electrons. The molecule has 0 unspecified atom stereocenters. The van der Waals surface area contributed by atoms with Gasteiger partial charge in [-0.25, -0.2) is 4.98 Å². The number of ether oxygens (including phenoxy) is 1. The molecule has 0 aliphatic rings. The standard InChI is InChI=1S/C17H11ClF3N3O/c18-13-8-4-5-9-14(13)23-16-22-10-12(17(19,20)21)15(24-16)25-11-6-2-1-3-7-11/h1-10H,(H,22,23,24). The second-order valence-electron chi connectivity index (χ2n) is 4.93. The van der Waals surface area contributed by atoms with Crippen LogP contribution in [0, 0.1) is 0 Å². The molecule has 0 fully saturated rings. The number of hydrogen-bond acceptors (Lipinski definition) is 4. The summed E-state index contributed by atoms with van der Waals surface area (Å²) in [5.74, 6) is -0.425. The summed E-state index contributed by atoms with van der Waals surface area (Å²) in [5.41, 5.74) is -0.601. The normalized spacial score (nSPS) is 11.2. The van der Waals surface area contributed by atoms with Gasteiger partial charge in [-0.3, -0.25) is 0 Å². The van der Waals surface area contributed by atoms with E-state index in [0.717, 1.165) is 0 Å². The number of rotatable bonds is 4. The summed E-state index contributed by atoms with van der Waals surface area (Å²) in [7, 11) is 0. The van der Waals surface area contributed by atoms with Gasteiger partial charge in [0, 0.05) is 6.20 Å². The lowest BCUT2D eigenvalue weighted by molar-refractivity contribution is -0.139. The Morgan fingerprint density at radius 1 is 0.960 bits per heavy atom. The molecule has 1 heterocycles. The Morgan fingerprint density at radius 3 is 2.32 bits per heavy atom. The van der Waals surface area contributed by atoms with Crippen LogP contribution in [-0.4, -0.2) is 9.97 Å². The van der Waals surface area contributed by atoms with Gasteiger partial charge in [0.1, 0.15) is 11.3 Å². The molecule has 0 atom stereocenters.